The Morgan fingerprint density at radius 1 is 1.16 bits per heavy atom. The fraction of sp³-hybridized carbons (Fsp3) is 0.438. The van der Waals surface area contributed by atoms with Gasteiger partial charge in [-0.3, -0.25) is 0 Å². The van der Waals surface area contributed by atoms with E-state index in [9.17, 15) is 0 Å². The van der Waals surface area contributed by atoms with Crippen LogP contribution in [-0.2, 0) is 13.0 Å². The minimum Gasteiger partial charge on any atom is -0.326 e. The van der Waals surface area contributed by atoms with Crippen molar-refractivity contribution < 1.29 is 0 Å². The normalized spacial score (nSPS) is 10.7. The Morgan fingerprint density at radius 3 is 2.53 bits per heavy atom. The van der Waals surface area contributed by atoms with Crippen LogP contribution in [-0.4, -0.2) is 9.55 Å². The monoisotopic (exact) mass is 257 g/mol. The molecule has 2 aromatic rings. The van der Waals surface area contributed by atoms with Gasteiger partial charge in [0.1, 0.15) is 0 Å². The minimum absolute atomic E-state index is 0.940. The summed E-state index contributed by atoms with van der Waals surface area (Å²) in [7, 11) is 0. The van der Waals surface area contributed by atoms with E-state index in [0.29, 0.717) is 0 Å². The van der Waals surface area contributed by atoms with Gasteiger partial charge in [-0.25, -0.2) is 4.98 Å². The molecule has 0 amide bonds. The number of nitrogens with one attached hydrogen (secondary N) is 1. The number of anilines is 2. The van der Waals surface area contributed by atoms with Crippen molar-refractivity contribution in [2.75, 3.05) is 5.32 Å². The van der Waals surface area contributed by atoms with Crippen LogP contribution in [0.2, 0.25) is 0 Å². The first-order valence-electron chi connectivity index (χ1n) is 7.12. The molecule has 0 saturated heterocycles. The highest BCUT2D eigenvalue weighted by atomic mass is 15.2. The molecule has 0 unspecified atom stereocenters. The maximum absolute atomic E-state index is 4.55. The lowest BCUT2D eigenvalue weighted by Gasteiger charge is -2.09. The van der Waals surface area contributed by atoms with Gasteiger partial charge < -0.3 is 9.88 Å². The van der Waals surface area contributed by atoms with Crippen LogP contribution in [0.25, 0.3) is 0 Å². The Morgan fingerprint density at radius 2 is 1.89 bits per heavy atom. The van der Waals surface area contributed by atoms with Crippen LogP contribution < -0.4 is 5.32 Å². The topological polar surface area (TPSA) is 29.9 Å². The third-order valence-corrected chi connectivity index (χ3v) is 3.27. The van der Waals surface area contributed by atoms with Crippen LogP contribution in [0, 0.1) is 6.92 Å². The predicted molar refractivity (Wildman–Crippen MR) is 81.0 cm³/mol. The van der Waals surface area contributed by atoms with Crippen LogP contribution >= 0.6 is 0 Å². The Labute approximate surface area is 115 Å². The third-order valence-electron chi connectivity index (χ3n) is 3.27. The Balaban J connectivity index is 2.12. The van der Waals surface area contributed by atoms with Gasteiger partial charge in [0.05, 0.1) is 5.69 Å². The van der Waals surface area contributed by atoms with E-state index in [1.807, 2.05) is 6.92 Å². The summed E-state index contributed by atoms with van der Waals surface area (Å²) >= 11 is 0. The highest BCUT2D eigenvalue weighted by Gasteiger charge is 2.05. The molecule has 0 aliphatic rings. The molecule has 0 atom stereocenters. The van der Waals surface area contributed by atoms with E-state index in [1.165, 1.54) is 18.4 Å². The van der Waals surface area contributed by atoms with Gasteiger partial charge >= 0.3 is 0 Å². The second kappa shape index (κ2) is 6.41. The lowest BCUT2D eigenvalue weighted by Crippen LogP contribution is -2.03. The second-order valence-corrected chi connectivity index (χ2v) is 4.93. The number of nitrogens with zero attached hydrogens (tertiary/aromatic N) is 2. The Bertz CT molecular complexity index is 511. The maximum Gasteiger partial charge on any atom is 0.207 e. The summed E-state index contributed by atoms with van der Waals surface area (Å²) < 4.78 is 2.20. The molecular formula is C16H23N3. The number of aryl methyl sites for hydroxylation is 3. The summed E-state index contributed by atoms with van der Waals surface area (Å²) in [6.07, 6.45) is 5.56. The van der Waals surface area contributed by atoms with Crippen molar-refractivity contribution in [3.8, 4) is 0 Å². The molecule has 1 aromatic carbocycles. The predicted octanol–water partition coefficient (Wildman–Crippen LogP) is 4.30. The minimum atomic E-state index is 0.940. The van der Waals surface area contributed by atoms with Gasteiger partial charge in [-0.1, -0.05) is 32.4 Å². The number of imidazole rings is 1. The van der Waals surface area contributed by atoms with E-state index in [2.05, 4.69) is 59.2 Å². The molecule has 0 spiro atoms. The van der Waals surface area contributed by atoms with Crippen LogP contribution in [0.4, 0.5) is 11.6 Å². The van der Waals surface area contributed by atoms with Crippen LogP contribution in [0.3, 0.4) is 0 Å². The molecule has 1 heterocycles. The number of hydrogen-bond donors (Lipinski definition) is 1. The fourth-order valence-electron chi connectivity index (χ4n) is 2.10. The van der Waals surface area contributed by atoms with Crippen molar-refractivity contribution in [2.24, 2.45) is 0 Å². The number of unbranched alkanes of at least 4 members (excludes halogenated alkanes) is 1. The molecule has 0 aliphatic heterocycles. The molecule has 0 radical (unpaired) electrons. The zero-order valence-corrected chi connectivity index (χ0v) is 12.1. The van der Waals surface area contributed by atoms with Gasteiger partial charge in [0.25, 0.3) is 0 Å². The molecule has 1 N–H and O–H groups in total. The lowest BCUT2D eigenvalue weighted by molar-refractivity contribution is 0.637. The summed E-state index contributed by atoms with van der Waals surface area (Å²) in [5.41, 5.74) is 3.51. The fourth-order valence-corrected chi connectivity index (χ4v) is 2.10. The number of hydrogen-bond acceptors (Lipinski definition) is 2. The second-order valence-electron chi connectivity index (χ2n) is 4.93. The summed E-state index contributed by atoms with van der Waals surface area (Å²) in [5, 5.41) is 3.41. The number of rotatable bonds is 6. The van der Waals surface area contributed by atoms with E-state index in [-0.39, 0.29) is 0 Å². The molecule has 3 heteroatoms. The van der Waals surface area contributed by atoms with Crippen molar-refractivity contribution in [3.63, 3.8) is 0 Å². The maximum atomic E-state index is 4.55. The Kier molecular flexibility index (Phi) is 4.61. The van der Waals surface area contributed by atoms with E-state index in [4.69, 9.17) is 0 Å². The quantitative estimate of drug-likeness (QED) is 0.836. The molecular weight excluding hydrogens is 234 g/mol. The average Bonchev–Trinajstić information content (AvgIpc) is 2.77. The van der Waals surface area contributed by atoms with Crippen LogP contribution in [0.1, 0.15) is 37.9 Å². The van der Waals surface area contributed by atoms with Crippen molar-refractivity contribution >= 4 is 11.6 Å². The van der Waals surface area contributed by atoms with E-state index < -0.39 is 0 Å². The first-order valence-corrected chi connectivity index (χ1v) is 7.12. The van der Waals surface area contributed by atoms with Gasteiger partial charge in [-0.2, -0.15) is 0 Å². The summed E-state index contributed by atoms with van der Waals surface area (Å²) in [6.45, 7) is 7.43. The standard InChI is InChI=1S/C16H23N3/c1-4-6-11-19-12-13(3)17-16(19)18-15-9-7-14(5-2)8-10-15/h7-10,12H,4-6,11H2,1-3H3,(H,17,18). The highest BCUT2D eigenvalue weighted by molar-refractivity contribution is 5.54. The van der Waals surface area contributed by atoms with E-state index in [0.717, 1.165) is 30.3 Å². The Hall–Kier alpha value is -1.77. The molecule has 3 nitrogen and oxygen atoms in total. The molecule has 0 bridgehead atoms. The first kappa shape index (κ1) is 13.7. The molecule has 0 saturated carbocycles. The zero-order chi connectivity index (χ0) is 13.7. The number of benzene rings is 1. The van der Waals surface area contributed by atoms with Crippen molar-refractivity contribution in [3.05, 3.63) is 41.7 Å². The molecule has 1 aromatic heterocycles. The third kappa shape index (κ3) is 3.60. The molecule has 0 aliphatic carbocycles. The van der Waals surface area contributed by atoms with Gasteiger partial charge in [0.2, 0.25) is 5.95 Å². The lowest BCUT2D eigenvalue weighted by atomic mass is 10.1. The van der Waals surface area contributed by atoms with Crippen molar-refractivity contribution in [1.82, 2.24) is 9.55 Å². The average molecular weight is 257 g/mol. The van der Waals surface area contributed by atoms with Crippen LogP contribution in [0.15, 0.2) is 30.5 Å². The smallest absolute Gasteiger partial charge is 0.207 e. The summed E-state index contributed by atoms with van der Waals surface area (Å²) in [5.74, 6) is 0.940. The van der Waals surface area contributed by atoms with Gasteiger partial charge in [-0.15, -0.1) is 0 Å². The SMILES string of the molecule is CCCCn1cc(C)nc1Nc1ccc(CC)cc1. The number of aromatic nitrogens is 2. The molecule has 102 valence electrons. The largest absolute Gasteiger partial charge is 0.326 e. The van der Waals surface area contributed by atoms with Gasteiger partial charge in [0, 0.05) is 18.4 Å². The zero-order valence-electron chi connectivity index (χ0n) is 12.1. The van der Waals surface area contributed by atoms with Crippen molar-refractivity contribution in [1.29, 1.82) is 0 Å². The van der Waals surface area contributed by atoms with E-state index in [1.54, 1.807) is 0 Å². The van der Waals surface area contributed by atoms with E-state index >= 15 is 0 Å². The van der Waals surface area contributed by atoms with Gasteiger partial charge in [-0.05, 0) is 37.5 Å². The van der Waals surface area contributed by atoms with Crippen LogP contribution in [0.5, 0.6) is 0 Å². The molecule has 0 fully saturated rings. The summed E-state index contributed by atoms with van der Waals surface area (Å²) in [6, 6.07) is 8.56. The van der Waals surface area contributed by atoms with Crippen molar-refractivity contribution in [2.45, 2.75) is 46.6 Å². The highest BCUT2D eigenvalue weighted by Crippen LogP contribution is 2.18. The van der Waals surface area contributed by atoms with Gasteiger partial charge in [0.15, 0.2) is 0 Å². The molecule has 19 heavy (non-hydrogen) atoms. The summed E-state index contributed by atoms with van der Waals surface area (Å²) in [4.78, 5) is 4.55. The first-order chi connectivity index (χ1) is 9.22. The molecule has 2 rings (SSSR count).